The lowest BCUT2D eigenvalue weighted by Crippen LogP contribution is -2.25. The van der Waals surface area contributed by atoms with Crippen LogP contribution in [0.5, 0.6) is 0 Å². The standard InChI is InChI=1S/C9H18O2Si/c1-9(11,5-7-10)6-8-12(2,3)4/h10-11H,5,7H2,1-4H3. The molecule has 0 aromatic heterocycles. The molecule has 0 saturated carbocycles. The van der Waals surface area contributed by atoms with Gasteiger partial charge in [-0.1, -0.05) is 25.6 Å². The zero-order valence-corrected chi connectivity index (χ0v) is 9.31. The zero-order valence-electron chi connectivity index (χ0n) is 8.31. The summed E-state index contributed by atoms with van der Waals surface area (Å²) in [4.78, 5) is 0. The van der Waals surface area contributed by atoms with Gasteiger partial charge >= 0.3 is 0 Å². The van der Waals surface area contributed by atoms with Gasteiger partial charge in [0.25, 0.3) is 0 Å². The van der Waals surface area contributed by atoms with Crippen LogP contribution in [0, 0.1) is 11.5 Å². The third-order valence-electron chi connectivity index (χ3n) is 1.31. The smallest absolute Gasteiger partial charge is 0.129 e. The maximum Gasteiger partial charge on any atom is 0.129 e. The molecule has 12 heavy (non-hydrogen) atoms. The lowest BCUT2D eigenvalue weighted by molar-refractivity contribution is 0.0878. The molecule has 0 radical (unpaired) electrons. The maximum absolute atomic E-state index is 9.57. The van der Waals surface area contributed by atoms with E-state index in [9.17, 15) is 5.11 Å². The monoisotopic (exact) mass is 186 g/mol. The van der Waals surface area contributed by atoms with E-state index in [2.05, 4.69) is 31.1 Å². The average molecular weight is 186 g/mol. The molecule has 0 aliphatic carbocycles. The quantitative estimate of drug-likeness (QED) is 0.499. The average Bonchev–Trinajstić information content (AvgIpc) is 1.83. The molecule has 0 aliphatic rings. The van der Waals surface area contributed by atoms with Crippen LogP contribution in [0.4, 0.5) is 0 Å². The van der Waals surface area contributed by atoms with E-state index < -0.39 is 13.7 Å². The largest absolute Gasteiger partial charge is 0.396 e. The van der Waals surface area contributed by atoms with Crippen molar-refractivity contribution in [3.8, 4) is 11.5 Å². The lowest BCUT2D eigenvalue weighted by atomic mass is 10.1. The molecule has 70 valence electrons. The molecule has 2 N–H and O–H groups in total. The van der Waals surface area contributed by atoms with E-state index in [0.717, 1.165) is 0 Å². The molecule has 1 atom stereocenters. The van der Waals surface area contributed by atoms with Gasteiger partial charge in [0.2, 0.25) is 0 Å². The second kappa shape index (κ2) is 4.08. The van der Waals surface area contributed by atoms with Crippen LogP contribution in [0.1, 0.15) is 13.3 Å². The molecule has 0 rings (SSSR count). The Morgan fingerprint density at radius 2 is 1.83 bits per heavy atom. The predicted octanol–water partition coefficient (Wildman–Crippen LogP) is 1.00. The highest BCUT2D eigenvalue weighted by Crippen LogP contribution is 2.07. The first-order valence-electron chi connectivity index (χ1n) is 4.14. The van der Waals surface area contributed by atoms with Crippen molar-refractivity contribution in [3.05, 3.63) is 0 Å². The molecule has 0 saturated heterocycles. The Balaban J connectivity index is 4.28. The Hall–Kier alpha value is -0.303. The van der Waals surface area contributed by atoms with Crippen molar-refractivity contribution in [2.45, 2.75) is 38.6 Å². The molecule has 1 unspecified atom stereocenters. The van der Waals surface area contributed by atoms with Crippen molar-refractivity contribution < 1.29 is 10.2 Å². The summed E-state index contributed by atoms with van der Waals surface area (Å²) < 4.78 is 0. The summed E-state index contributed by atoms with van der Waals surface area (Å²) in [7, 11) is -1.40. The van der Waals surface area contributed by atoms with Crippen LogP contribution >= 0.6 is 0 Å². The summed E-state index contributed by atoms with van der Waals surface area (Å²) in [6, 6.07) is 0. The van der Waals surface area contributed by atoms with E-state index >= 15 is 0 Å². The summed E-state index contributed by atoms with van der Waals surface area (Å²) in [5.74, 6) is 2.81. The van der Waals surface area contributed by atoms with Gasteiger partial charge in [0, 0.05) is 13.0 Å². The van der Waals surface area contributed by atoms with Crippen molar-refractivity contribution in [2.75, 3.05) is 6.61 Å². The molecular formula is C9H18O2Si. The zero-order chi connectivity index (χ0) is 9.83. The minimum atomic E-state index is -1.40. The lowest BCUT2D eigenvalue weighted by Gasteiger charge is -2.15. The van der Waals surface area contributed by atoms with E-state index in [1.807, 2.05) is 0 Å². The van der Waals surface area contributed by atoms with Gasteiger partial charge in [-0.3, -0.25) is 0 Å². The Morgan fingerprint density at radius 1 is 1.33 bits per heavy atom. The van der Waals surface area contributed by atoms with E-state index in [4.69, 9.17) is 5.11 Å². The van der Waals surface area contributed by atoms with E-state index in [-0.39, 0.29) is 6.61 Å². The minimum Gasteiger partial charge on any atom is -0.396 e. The van der Waals surface area contributed by atoms with E-state index in [1.54, 1.807) is 6.92 Å². The summed E-state index contributed by atoms with van der Waals surface area (Å²) in [6.45, 7) is 7.98. The van der Waals surface area contributed by atoms with Gasteiger partial charge in [0.05, 0.1) is 0 Å². The molecule has 0 bridgehead atoms. The van der Waals surface area contributed by atoms with Crippen LogP contribution in [0.2, 0.25) is 19.6 Å². The highest BCUT2D eigenvalue weighted by Gasteiger charge is 2.17. The predicted molar refractivity (Wildman–Crippen MR) is 53.4 cm³/mol. The van der Waals surface area contributed by atoms with Gasteiger partial charge in [0.1, 0.15) is 13.7 Å². The van der Waals surface area contributed by atoms with E-state index in [0.29, 0.717) is 6.42 Å². The number of hydrogen-bond donors (Lipinski definition) is 2. The number of aliphatic hydroxyl groups excluding tert-OH is 1. The number of aliphatic hydroxyl groups is 2. The Morgan fingerprint density at radius 3 is 2.17 bits per heavy atom. The first kappa shape index (κ1) is 11.7. The van der Waals surface area contributed by atoms with Gasteiger partial charge in [-0.15, -0.1) is 5.54 Å². The summed E-state index contributed by atoms with van der Waals surface area (Å²) in [5.41, 5.74) is 2.06. The van der Waals surface area contributed by atoms with Crippen LogP contribution in [0.25, 0.3) is 0 Å². The molecule has 0 spiro atoms. The summed E-state index contributed by atoms with van der Waals surface area (Å²) in [5, 5.41) is 18.2. The number of hydrogen-bond acceptors (Lipinski definition) is 2. The Bertz CT molecular complexity index is 193. The second-order valence-corrected chi connectivity index (χ2v) is 9.00. The van der Waals surface area contributed by atoms with Crippen molar-refractivity contribution in [3.63, 3.8) is 0 Å². The Labute approximate surface area is 75.6 Å². The van der Waals surface area contributed by atoms with Crippen molar-refractivity contribution in [1.82, 2.24) is 0 Å². The van der Waals surface area contributed by atoms with Crippen LogP contribution in [-0.4, -0.2) is 30.5 Å². The molecule has 2 nitrogen and oxygen atoms in total. The fraction of sp³-hybridized carbons (Fsp3) is 0.778. The van der Waals surface area contributed by atoms with Gasteiger partial charge in [-0.05, 0) is 6.92 Å². The summed E-state index contributed by atoms with van der Waals surface area (Å²) in [6.07, 6.45) is 0.324. The molecule has 0 aromatic rings. The third kappa shape index (κ3) is 6.41. The fourth-order valence-electron chi connectivity index (χ4n) is 0.602. The van der Waals surface area contributed by atoms with Gasteiger partial charge < -0.3 is 10.2 Å². The minimum absolute atomic E-state index is 0.0205. The van der Waals surface area contributed by atoms with Crippen molar-refractivity contribution in [2.24, 2.45) is 0 Å². The summed E-state index contributed by atoms with van der Waals surface area (Å²) >= 11 is 0. The molecule has 0 aliphatic heterocycles. The van der Waals surface area contributed by atoms with E-state index in [1.165, 1.54) is 0 Å². The molecule has 3 heteroatoms. The van der Waals surface area contributed by atoms with Gasteiger partial charge in [-0.2, -0.15) is 0 Å². The molecule has 0 amide bonds. The van der Waals surface area contributed by atoms with Gasteiger partial charge in [0.15, 0.2) is 0 Å². The third-order valence-corrected chi connectivity index (χ3v) is 2.18. The van der Waals surface area contributed by atoms with Crippen molar-refractivity contribution >= 4 is 8.07 Å². The molecule has 0 heterocycles. The topological polar surface area (TPSA) is 40.5 Å². The molecule has 0 fully saturated rings. The maximum atomic E-state index is 9.57. The second-order valence-electron chi connectivity index (χ2n) is 4.25. The first-order valence-corrected chi connectivity index (χ1v) is 7.64. The normalized spacial score (nSPS) is 16.2. The molecular weight excluding hydrogens is 168 g/mol. The van der Waals surface area contributed by atoms with Crippen LogP contribution < -0.4 is 0 Å². The van der Waals surface area contributed by atoms with Crippen molar-refractivity contribution in [1.29, 1.82) is 0 Å². The Kier molecular flexibility index (Phi) is 3.98. The van der Waals surface area contributed by atoms with Gasteiger partial charge in [-0.25, -0.2) is 0 Å². The number of rotatable bonds is 2. The highest BCUT2D eigenvalue weighted by molar-refractivity contribution is 6.83. The van der Waals surface area contributed by atoms with Crippen LogP contribution in [0.15, 0.2) is 0 Å². The first-order chi connectivity index (χ1) is 5.27. The SMILES string of the molecule is CC(O)(C#C[Si](C)(C)C)CCO. The highest BCUT2D eigenvalue weighted by atomic mass is 28.3. The van der Waals surface area contributed by atoms with Crippen LogP contribution in [0.3, 0.4) is 0 Å². The fourth-order valence-corrected chi connectivity index (χ4v) is 1.25. The van der Waals surface area contributed by atoms with Crippen LogP contribution in [-0.2, 0) is 0 Å². The molecule has 0 aromatic carbocycles.